The Morgan fingerprint density at radius 1 is 1.29 bits per heavy atom. The van der Waals surface area contributed by atoms with Crippen molar-refractivity contribution >= 4 is 10.9 Å². The SMILES string of the molecule is CNCCc1cc2cccc(C)c2n1C(C)C. The van der Waals surface area contributed by atoms with Crippen LogP contribution in [-0.4, -0.2) is 18.2 Å². The van der Waals surface area contributed by atoms with Crippen molar-refractivity contribution in [2.45, 2.75) is 33.2 Å². The number of hydrogen-bond donors (Lipinski definition) is 1. The lowest BCUT2D eigenvalue weighted by Gasteiger charge is -2.15. The van der Waals surface area contributed by atoms with Crippen LogP contribution in [0.25, 0.3) is 10.9 Å². The van der Waals surface area contributed by atoms with Gasteiger partial charge in [-0.3, -0.25) is 0 Å². The minimum atomic E-state index is 0.514. The molecule has 1 heterocycles. The summed E-state index contributed by atoms with van der Waals surface area (Å²) in [6.07, 6.45) is 1.09. The van der Waals surface area contributed by atoms with Crippen molar-refractivity contribution in [2.24, 2.45) is 0 Å². The van der Waals surface area contributed by atoms with E-state index in [2.05, 4.69) is 54.9 Å². The second kappa shape index (κ2) is 4.92. The Hall–Kier alpha value is -1.28. The van der Waals surface area contributed by atoms with Gasteiger partial charge in [0.25, 0.3) is 0 Å². The van der Waals surface area contributed by atoms with Gasteiger partial charge in [0.05, 0.1) is 5.52 Å². The van der Waals surface area contributed by atoms with Gasteiger partial charge >= 0.3 is 0 Å². The molecule has 2 heteroatoms. The largest absolute Gasteiger partial charge is 0.342 e. The quantitative estimate of drug-likeness (QED) is 0.853. The van der Waals surface area contributed by atoms with Crippen LogP contribution in [0.1, 0.15) is 31.1 Å². The summed E-state index contributed by atoms with van der Waals surface area (Å²) in [6.45, 7) is 7.74. The molecule has 2 nitrogen and oxygen atoms in total. The highest BCUT2D eigenvalue weighted by atomic mass is 15.0. The first-order valence-electron chi connectivity index (χ1n) is 6.39. The average Bonchev–Trinajstić information content (AvgIpc) is 2.66. The number of fused-ring (bicyclic) bond motifs is 1. The number of nitrogens with one attached hydrogen (secondary N) is 1. The number of nitrogens with zero attached hydrogens (tertiary/aromatic N) is 1. The van der Waals surface area contributed by atoms with Gasteiger partial charge in [0.1, 0.15) is 0 Å². The molecule has 1 aromatic carbocycles. The van der Waals surface area contributed by atoms with Crippen LogP contribution in [0, 0.1) is 6.92 Å². The van der Waals surface area contributed by atoms with Gasteiger partial charge in [-0.25, -0.2) is 0 Å². The normalized spacial score (nSPS) is 11.6. The summed E-state index contributed by atoms with van der Waals surface area (Å²) in [7, 11) is 2.01. The van der Waals surface area contributed by atoms with Gasteiger partial charge in [-0.15, -0.1) is 0 Å². The molecule has 0 spiro atoms. The van der Waals surface area contributed by atoms with Crippen LogP contribution in [0.3, 0.4) is 0 Å². The first-order chi connectivity index (χ1) is 8.15. The van der Waals surface area contributed by atoms with Gasteiger partial charge in [-0.05, 0) is 39.4 Å². The third kappa shape index (κ3) is 2.22. The molecular formula is C15H22N2. The lowest BCUT2D eigenvalue weighted by atomic mass is 10.1. The van der Waals surface area contributed by atoms with Crippen LogP contribution in [0.15, 0.2) is 24.3 Å². The number of benzene rings is 1. The number of aromatic nitrogens is 1. The van der Waals surface area contributed by atoms with Crippen LogP contribution in [0.2, 0.25) is 0 Å². The molecule has 17 heavy (non-hydrogen) atoms. The standard InChI is InChI=1S/C15H22N2/c1-11(2)17-14(8-9-16-4)10-13-7-5-6-12(3)15(13)17/h5-7,10-11,16H,8-9H2,1-4H3. The second-order valence-electron chi connectivity index (χ2n) is 4.97. The van der Waals surface area contributed by atoms with Crippen LogP contribution in [0.5, 0.6) is 0 Å². The fourth-order valence-electron chi connectivity index (χ4n) is 2.56. The van der Waals surface area contributed by atoms with Crippen LogP contribution >= 0.6 is 0 Å². The Kier molecular flexibility index (Phi) is 3.53. The number of aryl methyl sites for hydroxylation is 1. The lowest BCUT2D eigenvalue weighted by molar-refractivity contribution is 0.587. The molecular weight excluding hydrogens is 208 g/mol. The number of rotatable bonds is 4. The Labute approximate surface area is 104 Å². The van der Waals surface area contributed by atoms with Crippen molar-refractivity contribution in [3.63, 3.8) is 0 Å². The Morgan fingerprint density at radius 3 is 2.71 bits per heavy atom. The van der Waals surface area contributed by atoms with Gasteiger partial charge in [-0.2, -0.15) is 0 Å². The van der Waals surface area contributed by atoms with Crippen molar-refractivity contribution in [1.29, 1.82) is 0 Å². The van der Waals surface area contributed by atoms with Crippen molar-refractivity contribution in [3.05, 3.63) is 35.5 Å². The summed E-state index contributed by atoms with van der Waals surface area (Å²) < 4.78 is 2.47. The van der Waals surface area contributed by atoms with Crippen molar-refractivity contribution < 1.29 is 0 Å². The summed E-state index contributed by atoms with van der Waals surface area (Å²) in [5.74, 6) is 0. The number of para-hydroxylation sites is 1. The zero-order valence-corrected chi connectivity index (χ0v) is 11.2. The van der Waals surface area contributed by atoms with Gasteiger partial charge in [0, 0.05) is 30.1 Å². The molecule has 0 aliphatic heterocycles. The second-order valence-corrected chi connectivity index (χ2v) is 4.97. The minimum absolute atomic E-state index is 0.514. The molecule has 0 radical (unpaired) electrons. The molecule has 0 amide bonds. The highest BCUT2D eigenvalue weighted by molar-refractivity contribution is 5.84. The van der Waals surface area contributed by atoms with E-state index in [9.17, 15) is 0 Å². The minimum Gasteiger partial charge on any atom is -0.342 e. The van der Waals surface area contributed by atoms with Gasteiger partial charge in [0.15, 0.2) is 0 Å². The van der Waals surface area contributed by atoms with E-state index >= 15 is 0 Å². The zero-order chi connectivity index (χ0) is 12.4. The summed E-state index contributed by atoms with van der Waals surface area (Å²) in [5, 5.41) is 4.59. The first kappa shape index (κ1) is 12.2. The molecule has 1 aromatic heterocycles. The number of hydrogen-bond acceptors (Lipinski definition) is 1. The third-order valence-electron chi connectivity index (χ3n) is 3.29. The summed E-state index contributed by atoms with van der Waals surface area (Å²) >= 11 is 0. The fourth-order valence-corrected chi connectivity index (χ4v) is 2.56. The van der Waals surface area contributed by atoms with Crippen molar-refractivity contribution in [3.8, 4) is 0 Å². The van der Waals surface area contributed by atoms with Gasteiger partial charge in [0.2, 0.25) is 0 Å². The Bertz CT molecular complexity index is 509. The maximum absolute atomic E-state index is 3.23. The third-order valence-corrected chi connectivity index (χ3v) is 3.29. The molecule has 0 bridgehead atoms. The Morgan fingerprint density at radius 2 is 2.06 bits per heavy atom. The van der Waals surface area contributed by atoms with E-state index in [1.807, 2.05) is 7.05 Å². The Balaban J connectivity index is 2.59. The van der Waals surface area contributed by atoms with E-state index in [0.29, 0.717) is 6.04 Å². The van der Waals surface area contributed by atoms with Crippen molar-refractivity contribution in [1.82, 2.24) is 9.88 Å². The smallest absolute Gasteiger partial charge is 0.0514 e. The predicted molar refractivity (Wildman–Crippen MR) is 74.7 cm³/mol. The van der Waals surface area contributed by atoms with E-state index < -0.39 is 0 Å². The number of likely N-dealkylation sites (N-methyl/N-ethyl adjacent to an activating group) is 1. The van der Waals surface area contributed by atoms with Crippen LogP contribution < -0.4 is 5.32 Å². The molecule has 0 aliphatic rings. The summed E-state index contributed by atoms with van der Waals surface area (Å²) in [6, 6.07) is 9.40. The molecule has 0 aliphatic carbocycles. The molecule has 0 saturated heterocycles. The molecule has 0 atom stereocenters. The highest BCUT2D eigenvalue weighted by Crippen LogP contribution is 2.26. The summed E-state index contributed by atoms with van der Waals surface area (Å²) in [4.78, 5) is 0. The maximum atomic E-state index is 3.23. The van der Waals surface area contributed by atoms with Gasteiger partial charge in [-0.1, -0.05) is 18.2 Å². The molecule has 0 fully saturated rings. The van der Waals surface area contributed by atoms with E-state index in [-0.39, 0.29) is 0 Å². The molecule has 2 aromatic rings. The average molecular weight is 230 g/mol. The topological polar surface area (TPSA) is 17.0 Å². The van der Waals surface area contributed by atoms with Crippen LogP contribution in [-0.2, 0) is 6.42 Å². The maximum Gasteiger partial charge on any atom is 0.0514 e. The lowest BCUT2D eigenvalue weighted by Crippen LogP contribution is -2.14. The van der Waals surface area contributed by atoms with E-state index in [0.717, 1.165) is 13.0 Å². The summed E-state index contributed by atoms with van der Waals surface area (Å²) in [5.41, 5.74) is 4.19. The van der Waals surface area contributed by atoms with Crippen molar-refractivity contribution in [2.75, 3.05) is 13.6 Å². The molecule has 0 unspecified atom stereocenters. The molecule has 0 saturated carbocycles. The monoisotopic (exact) mass is 230 g/mol. The predicted octanol–water partition coefficient (Wildman–Crippen LogP) is 3.29. The van der Waals surface area contributed by atoms with E-state index in [1.165, 1.54) is 22.2 Å². The van der Waals surface area contributed by atoms with E-state index in [4.69, 9.17) is 0 Å². The zero-order valence-electron chi connectivity index (χ0n) is 11.2. The van der Waals surface area contributed by atoms with E-state index in [1.54, 1.807) is 0 Å². The molecule has 2 rings (SSSR count). The first-order valence-corrected chi connectivity index (χ1v) is 6.39. The highest BCUT2D eigenvalue weighted by Gasteiger charge is 2.12. The van der Waals surface area contributed by atoms with Gasteiger partial charge < -0.3 is 9.88 Å². The molecule has 92 valence electrons. The van der Waals surface area contributed by atoms with Crippen LogP contribution in [0.4, 0.5) is 0 Å². The molecule has 1 N–H and O–H groups in total. The fraction of sp³-hybridized carbons (Fsp3) is 0.467.